The predicted octanol–water partition coefficient (Wildman–Crippen LogP) is 2.56. The number of H-pyrrole nitrogens is 1. The lowest BCUT2D eigenvalue weighted by Crippen LogP contribution is -2.38. The summed E-state index contributed by atoms with van der Waals surface area (Å²) in [5.41, 5.74) is -0.638. The maximum Gasteiger partial charge on any atom is 0.330 e. The first-order valence-corrected chi connectivity index (χ1v) is 12.6. The van der Waals surface area contributed by atoms with Crippen LogP contribution in [0.4, 0.5) is 0 Å². The van der Waals surface area contributed by atoms with Crippen LogP contribution >= 0.6 is 8.53 Å². The van der Waals surface area contributed by atoms with E-state index in [9.17, 15) is 9.59 Å². The van der Waals surface area contributed by atoms with Gasteiger partial charge >= 0.3 is 5.69 Å². The Labute approximate surface area is 200 Å². The molecule has 2 fully saturated rings. The molecule has 5 atom stereocenters. The smallest absolute Gasteiger partial charge is 0.330 e. The van der Waals surface area contributed by atoms with Crippen LogP contribution in [-0.2, 0) is 23.3 Å². The quantitative estimate of drug-likeness (QED) is 0.382. The zero-order chi connectivity index (χ0) is 25.2. The molecule has 0 saturated carbocycles. The van der Waals surface area contributed by atoms with Crippen molar-refractivity contribution in [2.24, 2.45) is 0 Å². The van der Waals surface area contributed by atoms with E-state index in [4.69, 9.17) is 28.5 Å². The number of nitrogens with one attached hydrogen (secondary N) is 1. The van der Waals surface area contributed by atoms with Gasteiger partial charge in [0.2, 0.25) is 0 Å². The number of hydrogen-bond acceptors (Lipinski definition) is 9. The van der Waals surface area contributed by atoms with Gasteiger partial charge in [-0.1, -0.05) is 0 Å². The highest BCUT2D eigenvalue weighted by Gasteiger charge is 2.56. The Kier molecular flexibility index (Phi) is 8.69. The summed E-state index contributed by atoms with van der Waals surface area (Å²) in [4.78, 5) is 26.7. The SMILES string of the molecule is Cc1cn([C@@H]2O[C@H](COP(OCCC#N)N(C(C)C)C(C)C)[C@@H]3OC(C)(C)OC32)c(=O)[nH]c1=O. The van der Waals surface area contributed by atoms with Gasteiger partial charge in [-0.2, -0.15) is 5.26 Å². The molecule has 0 bridgehead atoms. The van der Waals surface area contributed by atoms with Crippen molar-refractivity contribution in [1.82, 2.24) is 14.2 Å². The summed E-state index contributed by atoms with van der Waals surface area (Å²) in [5.74, 6) is -0.869. The van der Waals surface area contributed by atoms with Gasteiger partial charge in [0.05, 0.1) is 25.7 Å². The number of ether oxygens (including phenoxy) is 3. The van der Waals surface area contributed by atoms with E-state index in [-0.39, 0.29) is 31.7 Å². The number of aromatic nitrogens is 2. The molecule has 190 valence electrons. The number of nitrogens with zero attached hydrogens (tertiary/aromatic N) is 3. The van der Waals surface area contributed by atoms with Crippen molar-refractivity contribution in [3.8, 4) is 6.07 Å². The number of fused-ring (bicyclic) bond motifs is 1. The first kappa shape index (κ1) is 27.0. The highest BCUT2D eigenvalue weighted by atomic mass is 31.2. The first-order chi connectivity index (χ1) is 15.9. The van der Waals surface area contributed by atoms with E-state index in [1.807, 2.05) is 0 Å². The van der Waals surface area contributed by atoms with E-state index in [1.165, 1.54) is 10.8 Å². The van der Waals surface area contributed by atoms with Gasteiger partial charge in [0.25, 0.3) is 14.1 Å². The molecule has 34 heavy (non-hydrogen) atoms. The van der Waals surface area contributed by atoms with Crippen LogP contribution in [0.1, 0.15) is 59.8 Å². The molecule has 2 saturated heterocycles. The van der Waals surface area contributed by atoms with E-state index < -0.39 is 50.1 Å². The second-order valence-electron chi connectivity index (χ2n) is 9.45. The number of nitriles is 1. The van der Waals surface area contributed by atoms with Crippen LogP contribution in [0.3, 0.4) is 0 Å². The average molecular weight is 499 g/mol. The van der Waals surface area contributed by atoms with E-state index >= 15 is 0 Å². The maximum absolute atomic E-state index is 12.5. The van der Waals surface area contributed by atoms with Gasteiger partial charge in [0, 0.05) is 23.8 Å². The molecule has 2 aliphatic rings. The molecule has 0 spiro atoms. The second kappa shape index (κ2) is 11.0. The summed E-state index contributed by atoms with van der Waals surface area (Å²) in [7, 11) is -1.47. The predicted molar refractivity (Wildman–Crippen MR) is 125 cm³/mol. The summed E-state index contributed by atoms with van der Waals surface area (Å²) in [6, 6.07) is 2.40. The third-order valence-corrected chi connectivity index (χ3v) is 7.63. The Morgan fingerprint density at radius 1 is 1.21 bits per heavy atom. The minimum absolute atomic E-state index is 0.141. The lowest BCUT2D eigenvalue weighted by Gasteiger charge is -2.36. The topological polar surface area (TPSA) is 128 Å². The summed E-state index contributed by atoms with van der Waals surface area (Å²) in [6.45, 7) is 13.9. The van der Waals surface area contributed by atoms with Crippen molar-refractivity contribution in [1.29, 1.82) is 5.26 Å². The molecule has 0 amide bonds. The van der Waals surface area contributed by atoms with Gasteiger partial charge in [0.15, 0.2) is 12.0 Å². The summed E-state index contributed by atoms with van der Waals surface area (Å²) in [5, 5.41) is 8.91. The van der Waals surface area contributed by atoms with Crippen LogP contribution in [-0.4, -0.2) is 63.6 Å². The van der Waals surface area contributed by atoms with Crippen molar-refractivity contribution in [2.75, 3.05) is 13.2 Å². The Morgan fingerprint density at radius 2 is 1.85 bits per heavy atom. The fraction of sp³-hybridized carbons (Fsp3) is 0.773. The Hall–Kier alpha value is -1.64. The zero-order valence-electron chi connectivity index (χ0n) is 20.8. The van der Waals surface area contributed by atoms with Crippen LogP contribution in [0.5, 0.6) is 0 Å². The van der Waals surface area contributed by atoms with Crippen LogP contribution in [0.25, 0.3) is 0 Å². The van der Waals surface area contributed by atoms with Crippen LogP contribution in [0, 0.1) is 18.3 Å². The standard InChI is InChI=1S/C22H35N4O7P/c1-13(2)26(14(3)4)34(29-10-8-9-23)30-12-16-17-18(33-22(6,7)32-17)20(31-16)25-11-15(5)19(27)24-21(25)28/h11,13-14,16-18,20H,8,10,12H2,1-7H3,(H,24,27,28)/t16-,17+,18?,20-,34?/m1/s1. The summed E-state index contributed by atoms with van der Waals surface area (Å²) < 4.78 is 34.1. The molecule has 2 aliphatic heterocycles. The van der Waals surface area contributed by atoms with Gasteiger partial charge in [-0.15, -0.1) is 0 Å². The van der Waals surface area contributed by atoms with Crippen LogP contribution in [0.2, 0.25) is 0 Å². The molecule has 11 nitrogen and oxygen atoms in total. The Morgan fingerprint density at radius 3 is 2.47 bits per heavy atom. The van der Waals surface area contributed by atoms with Gasteiger partial charge in [-0.05, 0) is 48.5 Å². The van der Waals surface area contributed by atoms with Crippen molar-refractivity contribution in [3.05, 3.63) is 32.6 Å². The molecule has 1 N–H and O–H groups in total. The minimum Gasteiger partial charge on any atom is -0.346 e. The summed E-state index contributed by atoms with van der Waals surface area (Å²) in [6.07, 6.45) is -0.649. The Bertz CT molecular complexity index is 994. The van der Waals surface area contributed by atoms with Gasteiger partial charge in [-0.25, -0.2) is 9.46 Å². The summed E-state index contributed by atoms with van der Waals surface area (Å²) >= 11 is 0. The van der Waals surface area contributed by atoms with E-state index in [1.54, 1.807) is 20.8 Å². The molecule has 1 aromatic rings. The van der Waals surface area contributed by atoms with E-state index in [0.717, 1.165) is 0 Å². The molecule has 3 rings (SSSR count). The van der Waals surface area contributed by atoms with E-state index in [2.05, 4.69) is 43.4 Å². The van der Waals surface area contributed by atoms with Crippen molar-refractivity contribution < 1.29 is 23.3 Å². The average Bonchev–Trinajstić information content (AvgIpc) is 3.21. The number of aromatic amines is 1. The zero-order valence-corrected chi connectivity index (χ0v) is 21.7. The molecule has 0 radical (unpaired) electrons. The van der Waals surface area contributed by atoms with Gasteiger partial charge in [0.1, 0.15) is 18.3 Å². The third kappa shape index (κ3) is 5.94. The van der Waals surface area contributed by atoms with Gasteiger partial charge in [-0.3, -0.25) is 14.3 Å². The second-order valence-corrected chi connectivity index (χ2v) is 10.9. The molecule has 3 heterocycles. The molecule has 1 aromatic heterocycles. The van der Waals surface area contributed by atoms with Crippen molar-refractivity contribution in [3.63, 3.8) is 0 Å². The number of rotatable bonds is 10. The van der Waals surface area contributed by atoms with Crippen LogP contribution < -0.4 is 11.2 Å². The largest absolute Gasteiger partial charge is 0.346 e. The van der Waals surface area contributed by atoms with Crippen molar-refractivity contribution in [2.45, 2.75) is 97.3 Å². The number of hydrogen-bond donors (Lipinski definition) is 1. The van der Waals surface area contributed by atoms with Gasteiger partial charge < -0.3 is 23.3 Å². The minimum atomic E-state index is -1.47. The Balaban J connectivity index is 1.82. The first-order valence-electron chi connectivity index (χ1n) is 11.5. The van der Waals surface area contributed by atoms with E-state index in [0.29, 0.717) is 5.56 Å². The lowest BCUT2D eigenvalue weighted by molar-refractivity contribution is -0.200. The molecular weight excluding hydrogens is 463 g/mol. The highest BCUT2D eigenvalue weighted by Crippen LogP contribution is 2.48. The van der Waals surface area contributed by atoms with Crippen LogP contribution in [0.15, 0.2) is 15.8 Å². The molecule has 0 aromatic carbocycles. The fourth-order valence-electron chi connectivity index (χ4n) is 4.24. The normalized spacial score (nSPS) is 26.9. The molecule has 0 aliphatic carbocycles. The maximum atomic E-state index is 12.5. The highest BCUT2D eigenvalue weighted by molar-refractivity contribution is 7.44. The molecule has 2 unspecified atom stereocenters. The fourth-order valence-corrected chi connectivity index (χ4v) is 5.86. The monoisotopic (exact) mass is 498 g/mol. The van der Waals surface area contributed by atoms with Crippen molar-refractivity contribution >= 4 is 8.53 Å². The number of aryl methyl sites for hydroxylation is 1. The lowest BCUT2D eigenvalue weighted by atomic mass is 10.1. The third-order valence-electron chi connectivity index (χ3n) is 5.56. The molecule has 12 heteroatoms. The molecular formula is C22H35N4O7P.